The summed E-state index contributed by atoms with van der Waals surface area (Å²) in [6.07, 6.45) is 0. The molecule has 1 rings (SSSR count). The summed E-state index contributed by atoms with van der Waals surface area (Å²) in [7, 11) is 4.06. The minimum Gasteiger partial charge on any atom is -0.306 e. The van der Waals surface area contributed by atoms with Crippen molar-refractivity contribution in [2.45, 2.75) is 26.3 Å². The van der Waals surface area contributed by atoms with E-state index in [0.717, 1.165) is 5.92 Å². The molecule has 0 aromatic rings. The van der Waals surface area contributed by atoms with Crippen LogP contribution in [0.2, 0.25) is 0 Å². The van der Waals surface area contributed by atoms with Crippen molar-refractivity contribution >= 4 is 0 Å². The maximum atomic E-state index is 3.31. The number of nitrogens with one attached hydrogen (secondary N) is 3. The fourth-order valence-electron chi connectivity index (χ4n) is 2.46. The van der Waals surface area contributed by atoms with Gasteiger partial charge in [-0.2, -0.15) is 5.53 Å². The topological polar surface area (TPSA) is 39.3 Å². The van der Waals surface area contributed by atoms with E-state index in [2.05, 4.69) is 49.1 Å². The third-order valence-electron chi connectivity index (χ3n) is 3.23. The zero-order chi connectivity index (χ0) is 10.8. The van der Waals surface area contributed by atoms with Crippen molar-refractivity contribution in [1.29, 1.82) is 0 Å². The van der Waals surface area contributed by atoms with Gasteiger partial charge in [0.2, 0.25) is 0 Å². The molecule has 0 aromatic heterocycles. The maximum absolute atomic E-state index is 3.31. The van der Waals surface area contributed by atoms with Gasteiger partial charge in [0.25, 0.3) is 0 Å². The minimum absolute atomic E-state index is 0.118. The largest absolute Gasteiger partial charge is 0.306 e. The smallest absolute Gasteiger partial charge is 0.0324 e. The predicted molar refractivity (Wildman–Crippen MR) is 59.6 cm³/mol. The van der Waals surface area contributed by atoms with Crippen LogP contribution in [0.15, 0.2) is 0 Å². The summed E-state index contributed by atoms with van der Waals surface area (Å²) in [5.74, 6) is 1.44. The summed E-state index contributed by atoms with van der Waals surface area (Å²) in [6.45, 7) is 9.20. The molecule has 4 heteroatoms. The highest BCUT2D eigenvalue weighted by Crippen LogP contribution is 2.30. The molecule has 0 aliphatic carbocycles. The Morgan fingerprint density at radius 1 is 1.29 bits per heavy atom. The highest BCUT2D eigenvalue weighted by atomic mass is 15.6. The molecule has 0 saturated carbocycles. The second-order valence-corrected chi connectivity index (χ2v) is 5.03. The van der Waals surface area contributed by atoms with E-state index in [1.54, 1.807) is 0 Å². The van der Waals surface area contributed by atoms with Gasteiger partial charge >= 0.3 is 0 Å². The van der Waals surface area contributed by atoms with Gasteiger partial charge in [-0.3, -0.25) is 0 Å². The first kappa shape index (κ1) is 11.9. The van der Waals surface area contributed by atoms with Gasteiger partial charge < -0.3 is 4.90 Å². The van der Waals surface area contributed by atoms with Crippen LogP contribution in [-0.2, 0) is 0 Å². The lowest BCUT2D eigenvalue weighted by Crippen LogP contribution is -2.57. The standard InChI is InChI=1S/C10H24N4/c1-8-6-14(5)7-9(8)10(2,3)12-13-11-4/h8-9,11-13H,6-7H2,1-5H3. The third kappa shape index (κ3) is 2.67. The summed E-state index contributed by atoms with van der Waals surface area (Å²) in [5, 5.41) is 0. The number of rotatable bonds is 4. The van der Waals surface area contributed by atoms with E-state index in [4.69, 9.17) is 0 Å². The van der Waals surface area contributed by atoms with Gasteiger partial charge in [-0.15, -0.1) is 0 Å². The van der Waals surface area contributed by atoms with Crippen LogP contribution in [0.4, 0.5) is 0 Å². The van der Waals surface area contributed by atoms with Crippen molar-refractivity contribution in [2.24, 2.45) is 11.8 Å². The summed E-state index contributed by atoms with van der Waals surface area (Å²) >= 11 is 0. The number of hydrazine groups is 2. The number of likely N-dealkylation sites (tertiary alicyclic amines) is 1. The molecule has 14 heavy (non-hydrogen) atoms. The maximum Gasteiger partial charge on any atom is 0.0324 e. The van der Waals surface area contributed by atoms with Gasteiger partial charge in [0.05, 0.1) is 0 Å². The normalized spacial score (nSPS) is 29.8. The van der Waals surface area contributed by atoms with Gasteiger partial charge in [-0.1, -0.05) is 6.92 Å². The Balaban J connectivity index is 2.53. The SMILES string of the molecule is CNNNC(C)(C)C1CN(C)CC1C. The Morgan fingerprint density at radius 3 is 2.36 bits per heavy atom. The molecule has 1 heterocycles. The molecule has 0 aromatic carbocycles. The van der Waals surface area contributed by atoms with Crippen LogP contribution >= 0.6 is 0 Å². The van der Waals surface area contributed by atoms with Crippen molar-refractivity contribution in [1.82, 2.24) is 21.3 Å². The lowest BCUT2D eigenvalue weighted by molar-refractivity contribution is 0.185. The lowest BCUT2D eigenvalue weighted by Gasteiger charge is -2.35. The fraction of sp³-hybridized carbons (Fsp3) is 1.00. The van der Waals surface area contributed by atoms with E-state index in [1.165, 1.54) is 13.1 Å². The van der Waals surface area contributed by atoms with Crippen LogP contribution < -0.4 is 16.4 Å². The van der Waals surface area contributed by atoms with Crippen LogP contribution in [0.25, 0.3) is 0 Å². The third-order valence-corrected chi connectivity index (χ3v) is 3.23. The van der Waals surface area contributed by atoms with Crippen molar-refractivity contribution in [2.75, 3.05) is 27.2 Å². The zero-order valence-corrected chi connectivity index (χ0v) is 10.0. The van der Waals surface area contributed by atoms with Crippen molar-refractivity contribution in [3.05, 3.63) is 0 Å². The average molecular weight is 200 g/mol. The highest BCUT2D eigenvalue weighted by Gasteiger charge is 2.38. The van der Waals surface area contributed by atoms with E-state index >= 15 is 0 Å². The van der Waals surface area contributed by atoms with Crippen LogP contribution in [0, 0.1) is 11.8 Å². The molecule has 3 N–H and O–H groups in total. The second-order valence-electron chi connectivity index (χ2n) is 5.03. The van der Waals surface area contributed by atoms with Gasteiger partial charge in [0, 0.05) is 18.6 Å². The summed E-state index contributed by atoms with van der Waals surface area (Å²) in [5.41, 5.74) is 9.31. The Bertz CT molecular complexity index is 181. The van der Waals surface area contributed by atoms with Gasteiger partial charge in [0.1, 0.15) is 0 Å². The van der Waals surface area contributed by atoms with E-state index < -0.39 is 0 Å². The fourth-order valence-corrected chi connectivity index (χ4v) is 2.46. The van der Waals surface area contributed by atoms with Gasteiger partial charge in [-0.25, -0.2) is 10.9 Å². The van der Waals surface area contributed by atoms with Gasteiger partial charge in [0.15, 0.2) is 0 Å². The van der Waals surface area contributed by atoms with Crippen LogP contribution in [-0.4, -0.2) is 37.6 Å². The molecule has 2 atom stereocenters. The Labute approximate surface area is 87.4 Å². The van der Waals surface area contributed by atoms with E-state index in [1.807, 2.05) is 7.05 Å². The minimum atomic E-state index is 0.118. The monoisotopic (exact) mass is 200 g/mol. The molecule has 0 radical (unpaired) electrons. The van der Waals surface area contributed by atoms with Crippen LogP contribution in [0.1, 0.15) is 20.8 Å². The first-order chi connectivity index (χ1) is 6.47. The average Bonchev–Trinajstić information content (AvgIpc) is 2.42. The molecule has 1 aliphatic rings. The first-order valence-corrected chi connectivity index (χ1v) is 5.35. The van der Waals surface area contributed by atoms with Gasteiger partial charge in [-0.05, 0) is 39.8 Å². The summed E-state index contributed by atoms with van der Waals surface area (Å²) < 4.78 is 0. The predicted octanol–water partition coefficient (Wildman–Crippen LogP) is 0.191. The molecule has 2 unspecified atom stereocenters. The first-order valence-electron chi connectivity index (χ1n) is 5.35. The second kappa shape index (κ2) is 4.57. The number of hydrogen-bond acceptors (Lipinski definition) is 4. The molecule has 0 amide bonds. The Kier molecular flexibility index (Phi) is 3.89. The molecule has 0 spiro atoms. The molecular weight excluding hydrogens is 176 g/mol. The molecule has 84 valence electrons. The van der Waals surface area contributed by atoms with E-state index in [0.29, 0.717) is 5.92 Å². The Morgan fingerprint density at radius 2 is 1.93 bits per heavy atom. The van der Waals surface area contributed by atoms with Crippen molar-refractivity contribution < 1.29 is 0 Å². The van der Waals surface area contributed by atoms with E-state index in [-0.39, 0.29) is 5.54 Å². The quantitative estimate of drug-likeness (QED) is 0.567. The number of nitrogens with zero attached hydrogens (tertiary/aromatic N) is 1. The Hall–Kier alpha value is -0.160. The van der Waals surface area contributed by atoms with Crippen molar-refractivity contribution in [3.63, 3.8) is 0 Å². The molecule has 1 fully saturated rings. The molecule has 0 bridgehead atoms. The summed E-state index contributed by atoms with van der Waals surface area (Å²) in [4.78, 5) is 2.40. The van der Waals surface area contributed by atoms with Crippen LogP contribution in [0.5, 0.6) is 0 Å². The highest BCUT2D eigenvalue weighted by molar-refractivity contribution is 4.93. The van der Waals surface area contributed by atoms with Crippen LogP contribution in [0.3, 0.4) is 0 Å². The zero-order valence-electron chi connectivity index (χ0n) is 10.0. The van der Waals surface area contributed by atoms with Crippen molar-refractivity contribution in [3.8, 4) is 0 Å². The molecule has 1 saturated heterocycles. The number of hydrogen-bond donors (Lipinski definition) is 3. The molecule has 1 aliphatic heterocycles. The van der Waals surface area contributed by atoms with E-state index in [9.17, 15) is 0 Å². The molecular formula is C10H24N4. The summed E-state index contributed by atoms with van der Waals surface area (Å²) in [6, 6.07) is 0. The lowest BCUT2D eigenvalue weighted by atomic mass is 9.81. The molecule has 4 nitrogen and oxygen atoms in total.